The highest BCUT2D eigenvalue weighted by Gasteiger charge is 2.27. The lowest BCUT2D eigenvalue weighted by Gasteiger charge is -2.31. The van der Waals surface area contributed by atoms with E-state index in [1.165, 1.54) is 11.3 Å². The molecule has 0 radical (unpaired) electrons. The fraction of sp³-hybridized carbons (Fsp3) is 0.769. The summed E-state index contributed by atoms with van der Waals surface area (Å²) < 4.78 is 28.7. The zero-order valence-electron chi connectivity index (χ0n) is 12.6. The van der Waals surface area contributed by atoms with E-state index in [1.807, 2.05) is 12.3 Å². The predicted octanol–water partition coefficient (Wildman–Crippen LogP) is 1.11. The Morgan fingerprint density at radius 2 is 2.14 bits per heavy atom. The molecule has 2 rings (SSSR count). The van der Waals surface area contributed by atoms with Crippen LogP contribution in [0.4, 0.5) is 0 Å². The lowest BCUT2D eigenvalue weighted by molar-refractivity contribution is 0.266. The Balaban J connectivity index is 1.81. The molecule has 6 nitrogen and oxygen atoms in total. The van der Waals surface area contributed by atoms with E-state index in [0.29, 0.717) is 19.0 Å². The van der Waals surface area contributed by atoms with Gasteiger partial charge in [0.25, 0.3) is 10.2 Å². The van der Waals surface area contributed by atoms with Crippen LogP contribution >= 0.6 is 11.3 Å². The summed E-state index contributed by atoms with van der Waals surface area (Å²) in [5.41, 5.74) is 0.929. The van der Waals surface area contributed by atoms with Gasteiger partial charge in [-0.2, -0.15) is 17.4 Å². The van der Waals surface area contributed by atoms with E-state index in [4.69, 9.17) is 0 Å². The third-order valence-corrected chi connectivity index (χ3v) is 6.19. The second-order valence-corrected chi connectivity index (χ2v) is 8.06. The van der Waals surface area contributed by atoms with Crippen LogP contribution in [-0.2, 0) is 16.8 Å². The molecule has 1 aromatic rings. The topological polar surface area (TPSA) is 74.3 Å². The summed E-state index contributed by atoms with van der Waals surface area (Å²) in [4.78, 5) is 4.27. The van der Waals surface area contributed by atoms with E-state index in [9.17, 15) is 8.42 Å². The van der Waals surface area contributed by atoms with Crippen molar-refractivity contribution in [3.63, 3.8) is 0 Å². The molecule has 1 aliphatic rings. The summed E-state index contributed by atoms with van der Waals surface area (Å²) in [5, 5.41) is 6.06. The highest BCUT2D eigenvalue weighted by atomic mass is 32.2. The van der Waals surface area contributed by atoms with Crippen LogP contribution in [-0.4, -0.2) is 43.9 Å². The minimum atomic E-state index is -3.39. The molecule has 0 amide bonds. The van der Waals surface area contributed by atoms with Crippen LogP contribution in [0.5, 0.6) is 0 Å². The molecule has 0 saturated carbocycles. The Labute approximate surface area is 131 Å². The number of aromatic nitrogens is 1. The molecule has 0 atom stereocenters. The first-order valence-electron chi connectivity index (χ1n) is 7.37. The Bertz CT molecular complexity index is 536. The highest BCUT2D eigenvalue weighted by Crippen LogP contribution is 2.18. The number of hydrogen-bond acceptors (Lipinski definition) is 5. The third kappa shape index (κ3) is 5.00. The second-order valence-electron chi connectivity index (χ2n) is 5.36. The van der Waals surface area contributed by atoms with E-state index in [2.05, 4.69) is 21.9 Å². The van der Waals surface area contributed by atoms with Gasteiger partial charge in [-0.15, -0.1) is 11.3 Å². The van der Waals surface area contributed by atoms with Crippen LogP contribution in [0.25, 0.3) is 0 Å². The molecule has 120 valence electrons. The van der Waals surface area contributed by atoms with Crippen molar-refractivity contribution in [2.45, 2.75) is 33.2 Å². The quantitative estimate of drug-likeness (QED) is 0.784. The zero-order valence-corrected chi connectivity index (χ0v) is 14.3. The van der Waals surface area contributed by atoms with Gasteiger partial charge in [-0.3, -0.25) is 0 Å². The van der Waals surface area contributed by atoms with E-state index in [1.54, 1.807) is 4.31 Å². The lowest BCUT2D eigenvalue weighted by Crippen LogP contribution is -2.45. The molecule has 2 heterocycles. The van der Waals surface area contributed by atoms with Crippen molar-refractivity contribution < 1.29 is 8.42 Å². The van der Waals surface area contributed by atoms with E-state index in [-0.39, 0.29) is 6.54 Å². The van der Waals surface area contributed by atoms with E-state index < -0.39 is 10.2 Å². The zero-order chi connectivity index (χ0) is 15.3. The molecule has 0 aliphatic carbocycles. The third-order valence-electron chi connectivity index (χ3n) is 3.67. The summed E-state index contributed by atoms with van der Waals surface area (Å²) in [5.74, 6) is 0.581. The largest absolute Gasteiger partial charge is 0.317 e. The lowest BCUT2D eigenvalue weighted by atomic mass is 9.98. The van der Waals surface area contributed by atoms with Crippen LogP contribution in [0.2, 0.25) is 0 Å². The Morgan fingerprint density at radius 3 is 2.71 bits per heavy atom. The second kappa shape index (κ2) is 7.64. The fourth-order valence-corrected chi connectivity index (χ4v) is 4.43. The first kappa shape index (κ1) is 16.8. The number of nitrogens with one attached hydrogen (secondary N) is 2. The van der Waals surface area contributed by atoms with Crippen molar-refractivity contribution in [2.24, 2.45) is 5.92 Å². The van der Waals surface area contributed by atoms with Gasteiger partial charge in [0.2, 0.25) is 0 Å². The minimum Gasteiger partial charge on any atom is -0.317 e. The standard InChI is InChI=1S/C13H24N4O2S2/c1-3-14-8-12-4-6-17(7-5-12)21(18,19)15-9-13-16-11(2)10-20-13/h10,12,14-15H,3-9H2,1-2H3. The van der Waals surface area contributed by atoms with Gasteiger partial charge >= 0.3 is 0 Å². The smallest absolute Gasteiger partial charge is 0.279 e. The molecule has 0 aromatic carbocycles. The van der Waals surface area contributed by atoms with E-state index >= 15 is 0 Å². The summed E-state index contributed by atoms with van der Waals surface area (Å²) in [6, 6.07) is 0. The molecule has 1 aromatic heterocycles. The molecular weight excluding hydrogens is 308 g/mol. The molecule has 8 heteroatoms. The van der Waals surface area contributed by atoms with Crippen LogP contribution in [0.1, 0.15) is 30.5 Å². The summed E-state index contributed by atoms with van der Waals surface area (Å²) in [6.45, 7) is 7.42. The maximum absolute atomic E-state index is 12.3. The maximum Gasteiger partial charge on any atom is 0.279 e. The predicted molar refractivity (Wildman–Crippen MR) is 85.5 cm³/mol. The van der Waals surface area contributed by atoms with Gasteiger partial charge in [0.15, 0.2) is 0 Å². The van der Waals surface area contributed by atoms with Gasteiger partial charge in [0, 0.05) is 24.2 Å². The SMILES string of the molecule is CCNCC1CCN(S(=O)(=O)NCc2nc(C)cs2)CC1. The van der Waals surface area contributed by atoms with Crippen LogP contribution < -0.4 is 10.0 Å². The fourth-order valence-electron chi connectivity index (χ4n) is 2.43. The molecule has 2 N–H and O–H groups in total. The maximum atomic E-state index is 12.3. The normalized spacial score (nSPS) is 18.2. The van der Waals surface area contributed by atoms with Gasteiger partial charge in [-0.05, 0) is 38.8 Å². The molecule has 1 aliphatic heterocycles. The molecule has 0 spiro atoms. The van der Waals surface area contributed by atoms with Gasteiger partial charge in [0.05, 0.1) is 6.54 Å². The summed E-state index contributed by atoms with van der Waals surface area (Å²) >= 11 is 1.48. The Kier molecular flexibility index (Phi) is 6.12. The molecule has 0 unspecified atom stereocenters. The van der Waals surface area contributed by atoms with Crippen molar-refractivity contribution in [2.75, 3.05) is 26.2 Å². The number of aryl methyl sites for hydroxylation is 1. The first-order valence-corrected chi connectivity index (χ1v) is 9.69. The van der Waals surface area contributed by atoms with Gasteiger partial charge in [-0.25, -0.2) is 4.98 Å². The van der Waals surface area contributed by atoms with Gasteiger partial charge in [0.1, 0.15) is 5.01 Å². The van der Waals surface area contributed by atoms with Crippen molar-refractivity contribution >= 4 is 21.5 Å². The highest BCUT2D eigenvalue weighted by molar-refractivity contribution is 7.87. The molecular formula is C13H24N4O2S2. The van der Waals surface area contributed by atoms with Crippen molar-refractivity contribution in [1.29, 1.82) is 0 Å². The number of piperidine rings is 1. The minimum absolute atomic E-state index is 0.276. The average molecular weight is 332 g/mol. The summed E-state index contributed by atoms with van der Waals surface area (Å²) in [6.07, 6.45) is 1.84. The monoisotopic (exact) mass is 332 g/mol. The Hall–Kier alpha value is -0.540. The first-order chi connectivity index (χ1) is 10.0. The van der Waals surface area contributed by atoms with Crippen LogP contribution in [0.3, 0.4) is 0 Å². The van der Waals surface area contributed by atoms with Crippen LogP contribution in [0.15, 0.2) is 5.38 Å². The van der Waals surface area contributed by atoms with Crippen molar-refractivity contribution in [3.8, 4) is 0 Å². The molecule has 1 fully saturated rings. The molecule has 1 saturated heterocycles. The van der Waals surface area contributed by atoms with Crippen molar-refractivity contribution in [3.05, 3.63) is 16.1 Å². The number of nitrogens with zero attached hydrogens (tertiary/aromatic N) is 2. The summed E-state index contributed by atoms with van der Waals surface area (Å²) in [7, 11) is -3.39. The van der Waals surface area contributed by atoms with E-state index in [0.717, 1.165) is 36.6 Å². The van der Waals surface area contributed by atoms with Crippen LogP contribution in [0, 0.1) is 12.8 Å². The average Bonchev–Trinajstić information content (AvgIpc) is 2.89. The number of thiazole rings is 1. The molecule has 21 heavy (non-hydrogen) atoms. The van der Waals surface area contributed by atoms with Gasteiger partial charge in [-0.1, -0.05) is 6.92 Å². The Morgan fingerprint density at radius 1 is 1.43 bits per heavy atom. The van der Waals surface area contributed by atoms with Crippen molar-refractivity contribution in [1.82, 2.24) is 19.3 Å². The number of rotatable bonds is 7. The van der Waals surface area contributed by atoms with Gasteiger partial charge < -0.3 is 5.32 Å². The number of hydrogen-bond donors (Lipinski definition) is 2. The molecule has 0 bridgehead atoms.